The van der Waals surface area contributed by atoms with Gasteiger partial charge in [0.2, 0.25) is 0 Å². The van der Waals surface area contributed by atoms with Crippen molar-refractivity contribution >= 4 is 28.6 Å². The summed E-state index contributed by atoms with van der Waals surface area (Å²) in [6, 6.07) is 0. The Bertz CT molecular complexity index is 630. The van der Waals surface area contributed by atoms with E-state index in [0.29, 0.717) is 12.5 Å². The average Bonchev–Trinajstić information content (AvgIpc) is 3.19. The van der Waals surface area contributed by atoms with Gasteiger partial charge >= 0.3 is 0 Å². The molecule has 0 saturated carbocycles. The summed E-state index contributed by atoms with van der Waals surface area (Å²) in [5.41, 5.74) is 1.16. The van der Waals surface area contributed by atoms with Gasteiger partial charge in [0.1, 0.15) is 5.01 Å². The largest absolute Gasteiger partial charge is 0.356 e. The molecule has 5 nitrogen and oxygen atoms in total. The van der Waals surface area contributed by atoms with E-state index in [4.69, 9.17) is 0 Å². The van der Waals surface area contributed by atoms with Crippen LogP contribution in [0, 0.1) is 0 Å². The molecule has 0 fully saturated rings. The van der Waals surface area contributed by atoms with E-state index in [9.17, 15) is 0 Å². The quantitative estimate of drug-likeness (QED) is 0.594. The van der Waals surface area contributed by atoms with Crippen LogP contribution in [0.2, 0.25) is 0 Å². The minimum atomic E-state index is 0.476. The van der Waals surface area contributed by atoms with Crippen molar-refractivity contribution in [3.63, 3.8) is 0 Å². The Morgan fingerprint density at radius 1 is 1.30 bits per heavy atom. The van der Waals surface area contributed by atoms with Gasteiger partial charge in [0.15, 0.2) is 5.96 Å². The summed E-state index contributed by atoms with van der Waals surface area (Å²) in [6.45, 7) is 8.01. The second-order valence-electron chi connectivity index (χ2n) is 5.50. The molecule has 0 spiro atoms. The van der Waals surface area contributed by atoms with Crippen LogP contribution in [-0.2, 0) is 19.4 Å². The highest BCUT2D eigenvalue weighted by molar-refractivity contribution is 7.11. The normalized spacial score (nSPS) is 12.0. The number of rotatable bonds is 7. The van der Waals surface area contributed by atoms with E-state index in [1.807, 2.05) is 6.20 Å². The molecule has 0 radical (unpaired) electrons. The molecule has 0 aliphatic rings. The molecule has 0 saturated heterocycles. The Hall–Kier alpha value is -1.47. The number of thiazole rings is 2. The molecular weight excluding hydrogens is 326 g/mol. The summed E-state index contributed by atoms with van der Waals surface area (Å²) >= 11 is 3.48. The minimum Gasteiger partial charge on any atom is -0.356 e. The van der Waals surface area contributed by atoms with Crippen LogP contribution >= 0.6 is 22.7 Å². The van der Waals surface area contributed by atoms with Crippen LogP contribution < -0.4 is 10.6 Å². The highest BCUT2D eigenvalue weighted by atomic mass is 32.1. The van der Waals surface area contributed by atoms with Crippen molar-refractivity contribution in [2.45, 2.75) is 46.1 Å². The van der Waals surface area contributed by atoms with Crippen molar-refractivity contribution < 1.29 is 0 Å². The summed E-state index contributed by atoms with van der Waals surface area (Å²) in [5.74, 6) is 1.28. The fourth-order valence-corrected chi connectivity index (χ4v) is 3.72. The third kappa shape index (κ3) is 5.58. The van der Waals surface area contributed by atoms with Gasteiger partial charge in [0.25, 0.3) is 0 Å². The predicted molar refractivity (Wildman–Crippen MR) is 99.6 cm³/mol. The number of hydrogen-bond acceptors (Lipinski definition) is 5. The van der Waals surface area contributed by atoms with Crippen molar-refractivity contribution in [1.82, 2.24) is 20.6 Å². The highest BCUT2D eigenvalue weighted by Gasteiger charge is 2.06. The number of nitrogens with one attached hydrogen (secondary N) is 2. The minimum absolute atomic E-state index is 0.476. The van der Waals surface area contributed by atoms with Crippen LogP contribution in [-0.4, -0.2) is 29.5 Å². The molecule has 23 heavy (non-hydrogen) atoms. The number of nitrogens with zero attached hydrogens (tertiary/aromatic N) is 3. The maximum absolute atomic E-state index is 4.62. The predicted octanol–water partition coefficient (Wildman–Crippen LogP) is 3.19. The van der Waals surface area contributed by atoms with E-state index in [-0.39, 0.29) is 0 Å². The summed E-state index contributed by atoms with van der Waals surface area (Å²) in [7, 11) is 1.79. The third-order valence-electron chi connectivity index (χ3n) is 3.37. The van der Waals surface area contributed by atoms with Gasteiger partial charge in [-0.25, -0.2) is 9.97 Å². The summed E-state index contributed by atoms with van der Waals surface area (Å²) < 4.78 is 0. The van der Waals surface area contributed by atoms with Gasteiger partial charge in [-0.2, -0.15) is 0 Å². The molecule has 2 rings (SSSR count). The second-order valence-corrected chi connectivity index (χ2v) is 7.64. The smallest absolute Gasteiger partial charge is 0.191 e. The lowest BCUT2D eigenvalue weighted by Crippen LogP contribution is -2.37. The Kier molecular flexibility index (Phi) is 6.98. The lowest BCUT2D eigenvalue weighted by Gasteiger charge is -2.10. The van der Waals surface area contributed by atoms with Crippen LogP contribution in [0.1, 0.15) is 47.3 Å². The Morgan fingerprint density at radius 3 is 2.74 bits per heavy atom. The molecule has 0 bridgehead atoms. The van der Waals surface area contributed by atoms with Gasteiger partial charge in [-0.3, -0.25) is 4.99 Å². The molecule has 0 unspecified atom stereocenters. The van der Waals surface area contributed by atoms with Crippen LogP contribution in [0.15, 0.2) is 16.6 Å². The molecule has 2 aromatic rings. The molecule has 2 N–H and O–H groups in total. The molecule has 0 aromatic carbocycles. The molecule has 126 valence electrons. The molecule has 0 aliphatic heterocycles. The number of guanidine groups is 1. The lowest BCUT2D eigenvalue weighted by molar-refractivity contribution is 0.777. The maximum Gasteiger partial charge on any atom is 0.191 e. The lowest BCUT2D eigenvalue weighted by atomic mass is 10.2. The van der Waals surface area contributed by atoms with Gasteiger partial charge < -0.3 is 10.6 Å². The molecule has 2 aromatic heterocycles. The molecule has 0 amide bonds. The van der Waals surface area contributed by atoms with E-state index in [2.05, 4.69) is 51.7 Å². The first-order chi connectivity index (χ1) is 11.1. The van der Waals surface area contributed by atoms with Crippen LogP contribution in [0.5, 0.6) is 0 Å². The van der Waals surface area contributed by atoms with Crippen LogP contribution in [0.25, 0.3) is 0 Å². The van der Waals surface area contributed by atoms with E-state index in [1.54, 1.807) is 29.7 Å². The second kappa shape index (κ2) is 8.98. The van der Waals surface area contributed by atoms with E-state index >= 15 is 0 Å². The Balaban J connectivity index is 1.74. The number of aryl methyl sites for hydroxylation is 1. The van der Waals surface area contributed by atoms with Crippen LogP contribution in [0.4, 0.5) is 0 Å². The summed E-state index contributed by atoms with van der Waals surface area (Å²) in [5, 5.41) is 11.0. The van der Waals surface area contributed by atoms with Gasteiger partial charge in [-0.15, -0.1) is 22.7 Å². The summed E-state index contributed by atoms with van der Waals surface area (Å²) in [4.78, 5) is 14.6. The Morgan fingerprint density at radius 2 is 2.13 bits per heavy atom. The standard InChI is InChI=1S/C16H25N5S2/c1-5-12-8-19-14(23-12)6-7-18-16(17-4)20-9-15-21-13(10-22-15)11(2)3/h8,10-11H,5-7,9H2,1-4H3,(H2,17,18,20). The third-order valence-corrected chi connectivity index (χ3v) is 5.44. The monoisotopic (exact) mass is 351 g/mol. The first-order valence-electron chi connectivity index (χ1n) is 7.94. The fourth-order valence-electron chi connectivity index (χ4n) is 1.97. The van der Waals surface area contributed by atoms with Crippen molar-refractivity contribution in [1.29, 1.82) is 0 Å². The molecule has 2 heterocycles. The molecule has 0 atom stereocenters. The summed E-state index contributed by atoms with van der Waals surface area (Å²) in [6.07, 6.45) is 3.95. The van der Waals surface area contributed by atoms with Crippen molar-refractivity contribution in [3.8, 4) is 0 Å². The number of hydrogen-bond donors (Lipinski definition) is 2. The highest BCUT2D eigenvalue weighted by Crippen LogP contribution is 2.17. The first kappa shape index (κ1) is 17.9. The topological polar surface area (TPSA) is 62.2 Å². The number of aromatic nitrogens is 2. The zero-order valence-corrected chi connectivity index (χ0v) is 15.9. The fraction of sp³-hybridized carbons (Fsp3) is 0.562. The van der Waals surface area contributed by atoms with Crippen molar-refractivity contribution in [2.24, 2.45) is 4.99 Å². The van der Waals surface area contributed by atoms with E-state index < -0.39 is 0 Å². The van der Waals surface area contributed by atoms with Gasteiger partial charge in [-0.1, -0.05) is 20.8 Å². The zero-order chi connectivity index (χ0) is 16.7. The van der Waals surface area contributed by atoms with Crippen molar-refractivity contribution in [2.75, 3.05) is 13.6 Å². The van der Waals surface area contributed by atoms with Gasteiger partial charge in [-0.05, 0) is 12.3 Å². The Labute approximate surface area is 146 Å². The van der Waals surface area contributed by atoms with E-state index in [1.165, 1.54) is 9.88 Å². The van der Waals surface area contributed by atoms with Gasteiger partial charge in [0.05, 0.1) is 17.2 Å². The SMILES string of the molecule is CCc1cnc(CCNC(=NC)NCc2nc(C(C)C)cs2)s1. The first-order valence-corrected chi connectivity index (χ1v) is 9.64. The molecule has 7 heteroatoms. The molecule has 0 aliphatic carbocycles. The van der Waals surface area contributed by atoms with Gasteiger partial charge in [0, 0.05) is 36.5 Å². The van der Waals surface area contributed by atoms with E-state index in [0.717, 1.165) is 36.0 Å². The molecular formula is C16H25N5S2. The number of aliphatic imine (C=N–C) groups is 1. The van der Waals surface area contributed by atoms with Crippen LogP contribution in [0.3, 0.4) is 0 Å². The maximum atomic E-state index is 4.62. The van der Waals surface area contributed by atoms with Crippen molar-refractivity contribution in [3.05, 3.63) is 32.2 Å². The average molecular weight is 352 g/mol. The zero-order valence-electron chi connectivity index (χ0n) is 14.2.